The number of esters is 1. The summed E-state index contributed by atoms with van der Waals surface area (Å²) in [6.45, 7) is 5.13. The van der Waals surface area contributed by atoms with Crippen molar-refractivity contribution < 1.29 is 82.2 Å². The summed E-state index contributed by atoms with van der Waals surface area (Å²) in [4.78, 5) is 117. The number of nitrogens with two attached hydrogens (primary N) is 1. The maximum Gasteiger partial charge on any atom is 0.307 e. The Bertz CT molecular complexity index is 3870. The van der Waals surface area contributed by atoms with Crippen LogP contribution in [0.2, 0.25) is 0 Å². The number of benzene rings is 2. The van der Waals surface area contributed by atoms with Crippen molar-refractivity contribution in [3.05, 3.63) is 60.9 Å². The normalized spacial score (nSPS) is 29.4. The number of ketones is 2. The molecule has 31 heteroatoms. The maximum absolute atomic E-state index is 15.3. The zero-order valence-electron chi connectivity index (χ0n) is 54.3. The Labute approximate surface area is 573 Å². The van der Waals surface area contributed by atoms with Crippen molar-refractivity contribution in [2.45, 2.75) is 227 Å². The number of hydrogen-bond acceptors (Lipinski definition) is 19. The summed E-state index contributed by atoms with van der Waals surface area (Å²) >= 11 is 0. The molecule has 4 amide bonds. The molecule has 0 unspecified atom stereocenters. The van der Waals surface area contributed by atoms with Gasteiger partial charge in [-0.15, -0.1) is 24.8 Å². The molecular weight excluding hydrogens is 1350 g/mol. The molecule has 4 aliphatic carbocycles. The van der Waals surface area contributed by atoms with Crippen LogP contribution in [0.25, 0.3) is 22.1 Å². The van der Waals surface area contributed by atoms with Gasteiger partial charge in [-0.2, -0.15) is 0 Å². The van der Waals surface area contributed by atoms with Gasteiger partial charge in [0.1, 0.15) is 17.8 Å². The Morgan fingerprint density at radius 3 is 1.42 bits per heavy atom. The number of nitrogens with one attached hydrogen (secondary N) is 2. The SMILES string of the molecule is CC(C)(C)OC(=O)C[C@H]1CCCCCC(F)(F)C[C@@H]2C[C@@]2(C(=O)NS(=O)(=O)C2CC2)CC(=O)[C@@H]2C[C@@H](Oc3cnc4ccccc4n3)CN2C1=O.Cl.Cl.N[C@H]1CCCCCC(F)(F)C[C@@H]2C[C@@]2(C(=O)NS(=O)(=O)C2CC2)CC(=O)[C@@H]2C[C@@H](Oc3cnc4ccccc4n3)CN2C1=O. The number of para-hydroxylation sites is 4. The molecule has 10 atom stereocenters. The highest BCUT2D eigenvalue weighted by molar-refractivity contribution is 7.91. The van der Waals surface area contributed by atoms with Gasteiger partial charge >= 0.3 is 5.97 Å². The van der Waals surface area contributed by atoms with Crippen LogP contribution in [0.1, 0.15) is 168 Å². The molecule has 2 aromatic heterocycles. The third-order valence-corrected chi connectivity index (χ3v) is 23.4. The summed E-state index contributed by atoms with van der Waals surface area (Å²) in [5.41, 5.74) is 4.70. The van der Waals surface area contributed by atoms with Gasteiger partial charge in [0.15, 0.2) is 11.6 Å². The van der Waals surface area contributed by atoms with Crippen LogP contribution in [0.5, 0.6) is 11.8 Å². The van der Waals surface area contributed by atoms with E-state index in [0.717, 1.165) is 0 Å². The lowest BCUT2D eigenvalue weighted by Gasteiger charge is -2.29. The monoisotopic (exact) mass is 1440 g/mol. The molecule has 12 rings (SSSR count). The van der Waals surface area contributed by atoms with E-state index in [-0.39, 0.29) is 107 Å². The van der Waals surface area contributed by atoms with Crippen LogP contribution in [0.4, 0.5) is 17.6 Å². The van der Waals surface area contributed by atoms with Gasteiger partial charge in [-0.25, -0.2) is 54.3 Å². The second-order valence-corrected chi connectivity index (χ2v) is 32.4. The minimum absolute atomic E-state index is 0. The van der Waals surface area contributed by atoms with Crippen LogP contribution >= 0.6 is 24.8 Å². The molecule has 4 saturated heterocycles. The largest absolute Gasteiger partial charge is 0.471 e. The van der Waals surface area contributed by atoms with Crippen LogP contribution in [-0.2, 0) is 58.3 Å². The molecule has 0 radical (unpaired) electrons. The number of alkyl halides is 4. The molecule has 4 N–H and O–H groups in total. The topological polar surface area (TPSA) is 324 Å². The Morgan fingerprint density at radius 2 is 1.00 bits per heavy atom. The van der Waals surface area contributed by atoms with Crippen molar-refractivity contribution in [3.8, 4) is 11.8 Å². The van der Waals surface area contributed by atoms with E-state index in [1.807, 2.05) is 18.2 Å². The van der Waals surface area contributed by atoms with Gasteiger partial charge in [0.2, 0.25) is 67.3 Å². The van der Waals surface area contributed by atoms with Crippen LogP contribution < -0.4 is 24.7 Å². The summed E-state index contributed by atoms with van der Waals surface area (Å²) in [6.07, 6.45) is 2.29. The fraction of sp³-hybridized carbons (Fsp3) is 0.652. The Morgan fingerprint density at radius 1 is 0.588 bits per heavy atom. The fourth-order valence-electron chi connectivity index (χ4n) is 14.2. The van der Waals surface area contributed by atoms with Crippen molar-refractivity contribution in [2.24, 2.45) is 34.3 Å². The van der Waals surface area contributed by atoms with Crippen molar-refractivity contribution >= 4 is 108 Å². The van der Waals surface area contributed by atoms with Gasteiger partial charge in [0.05, 0.1) is 93.4 Å². The fourth-order valence-corrected chi connectivity index (χ4v) is 16.9. The highest BCUT2D eigenvalue weighted by Gasteiger charge is 2.66. The highest BCUT2D eigenvalue weighted by atomic mass is 35.5. The van der Waals surface area contributed by atoms with E-state index in [9.17, 15) is 59.2 Å². The van der Waals surface area contributed by atoms with Gasteiger partial charge in [0, 0.05) is 57.3 Å². The van der Waals surface area contributed by atoms with E-state index in [4.69, 9.17) is 19.9 Å². The average molecular weight is 1440 g/mol. The van der Waals surface area contributed by atoms with Gasteiger partial charge in [-0.1, -0.05) is 49.9 Å². The van der Waals surface area contributed by atoms with Gasteiger partial charge in [-0.05, 0) is 121 Å². The Hall–Kier alpha value is -6.43. The summed E-state index contributed by atoms with van der Waals surface area (Å²) < 4.78 is 133. The molecule has 4 aromatic rings. The van der Waals surface area contributed by atoms with Crippen molar-refractivity contribution in [2.75, 3.05) is 13.1 Å². The first-order chi connectivity index (χ1) is 44.8. The zero-order valence-corrected chi connectivity index (χ0v) is 57.6. The van der Waals surface area contributed by atoms with Crippen LogP contribution in [0.3, 0.4) is 0 Å². The van der Waals surface area contributed by atoms with Crippen LogP contribution in [0.15, 0.2) is 60.9 Å². The summed E-state index contributed by atoms with van der Waals surface area (Å²) in [7, 11) is -7.98. The zero-order chi connectivity index (χ0) is 68.0. The molecule has 4 aliphatic heterocycles. The van der Waals surface area contributed by atoms with E-state index in [2.05, 4.69) is 29.4 Å². The predicted octanol–water partition coefficient (Wildman–Crippen LogP) is 8.60. The second-order valence-electron chi connectivity index (χ2n) is 28.5. The van der Waals surface area contributed by atoms with E-state index in [0.29, 0.717) is 73.4 Å². The van der Waals surface area contributed by atoms with Crippen molar-refractivity contribution in [1.82, 2.24) is 39.2 Å². The molecule has 4 saturated carbocycles. The summed E-state index contributed by atoms with van der Waals surface area (Å²) in [5.74, 6) is -13.0. The molecular formula is C66H85Cl2F4N9O14S2. The van der Waals surface area contributed by atoms with E-state index in [1.54, 1.807) is 51.1 Å². The summed E-state index contributed by atoms with van der Waals surface area (Å²) in [5, 5.41) is -1.42. The third-order valence-electron chi connectivity index (χ3n) is 19.7. The number of fused-ring (bicyclic) bond motifs is 6. The minimum atomic E-state index is -4.02. The molecule has 97 heavy (non-hydrogen) atoms. The second kappa shape index (κ2) is 29.4. The number of halogens is 6. The lowest BCUT2D eigenvalue weighted by Crippen LogP contribution is -2.49. The smallest absolute Gasteiger partial charge is 0.307 e. The Kier molecular flexibility index (Phi) is 22.7. The summed E-state index contributed by atoms with van der Waals surface area (Å²) in [6, 6.07) is 11.3. The first-order valence-electron chi connectivity index (χ1n) is 33.1. The van der Waals surface area contributed by atoms with E-state index >= 15 is 8.78 Å². The molecule has 532 valence electrons. The van der Waals surface area contributed by atoms with Gasteiger partial charge in [0.25, 0.3) is 0 Å². The standard InChI is InChI=1S/C36H46F2N4O8S.C30H37F2N5O6S.2ClH/c1-34(2,3)50-31(44)15-22-9-5-4-8-14-36(37,38)18-23-17-35(23,33(46)41-51(47,48)25-12-13-25)19-29(43)28-16-24(21-42(28)32(22)45)49-30-20-39-26-10-6-7-11-27(26)40-30;31-30(32)11-5-1-2-6-21(33)27(39)37-17-19(43-26-16-34-22-7-3-4-8-23(22)35-26)12-24(37)25(38)15-29(13-18(29)14-30)28(40)36-44(41,42)20-9-10-20;;/h6-7,10-11,20,22-25,28H,4-5,8-9,12-19,21H2,1-3H3,(H,41,46);3-4,7-8,16,18-21,24H,1-2,5-6,9-15,17,33H2,(H,36,40);2*1H/t22-,23+,24-,28+,35-;18-,19+,21-,24-,29+;;/m10../s1. The molecule has 0 spiro atoms. The number of rotatable bonds is 12. The lowest BCUT2D eigenvalue weighted by molar-refractivity contribution is -0.159. The third kappa shape index (κ3) is 18.1. The first kappa shape index (κ1) is 74.8. The molecule has 23 nitrogen and oxygen atoms in total. The van der Waals surface area contributed by atoms with Crippen LogP contribution in [0, 0.1) is 28.6 Å². The lowest BCUT2D eigenvalue weighted by atomic mass is 9.89. The molecule has 6 heterocycles. The number of hydrogen-bond donors (Lipinski definition) is 3. The number of sulfonamides is 2. The quantitative estimate of drug-likeness (QED) is 0.0882. The van der Waals surface area contributed by atoms with Crippen LogP contribution in [-0.4, -0.2) is 159 Å². The minimum Gasteiger partial charge on any atom is -0.471 e. The van der Waals surface area contributed by atoms with Gasteiger partial charge in [-0.3, -0.25) is 43.0 Å². The van der Waals surface area contributed by atoms with E-state index in [1.165, 1.54) is 22.2 Å². The number of ether oxygens (including phenoxy) is 3. The number of aromatic nitrogens is 4. The molecule has 0 bridgehead atoms. The predicted molar refractivity (Wildman–Crippen MR) is 350 cm³/mol. The van der Waals surface area contributed by atoms with Gasteiger partial charge < -0.3 is 29.7 Å². The number of carbonyl (C=O) groups excluding carboxylic acids is 7. The number of amides is 4. The number of Topliss-reactive ketones (excluding diaryl/α,β-unsaturated/α-hetero) is 2. The van der Waals surface area contributed by atoms with Crippen molar-refractivity contribution in [3.63, 3.8) is 0 Å². The first-order valence-corrected chi connectivity index (χ1v) is 36.2. The molecule has 2 aromatic carbocycles. The van der Waals surface area contributed by atoms with E-state index < -0.39 is 187 Å². The maximum atomic E-state index is 15.3. The molecule has 8 fully saturated rings. The Balaban J connectivity index is 0.000000225. The molecule has 8 aliphatic rings. The highest BCUT2D eigenvalue weighted by Crippen LogP contribution is 2.62. The number of nitrogens with zero attached hydrogens (tertiary/aromatic N) is 6. The number of carbonyl (C=O) groups is 7. The van der Waals surface area contributed by atoms with Crippen molar-refractivity contribution in [1.29, 1.82) is 0 Å². The average Bonchev–Trinajstić information content (AvgIpc) is 1.57.